The van der Waals surface area contributed by atoms with Gasteiger partial charge >= 0.3 is 6.09 Å². The van der Waals surface area contributed by atoms with Crippen LogP contribution in [0.3, 0.4) is 0 Å². The number of ether oxygens (including phenoxy) is 1. The number of alkyl halides is 1. The second-order valence-electron chi connectivity index (χ2n) is 11.7. The van der Waals surface area contributed by atoms with Gasteiger partial charge in [0.15, 0.2) is 6.10 Å². The maximum Gasteiger partial charge on any atom is 0.414 e. The summed E-state index contributed by atoms with van der Waals surface area (Å²) in [7, 11) is 0. The third-order valence-corrected chi connectivity index (χ3v) is 7.11. The average Bonchev–Trinajstić information content (AvgIpc) is 3.36. The zero-order chi connectivity index (χ0) is 32.4. The maximum atomic E-state index is 13.6. The molecule has 44 heavy (non-hydrogen) atoms. The Morgan fingerprint density at radius 1 is 1.02 bits per heavy atom. The molecule has 0 saturated carbocycles. The normalized spacial score (nSPS) is 18.5. The molecule has 12 nitrogen and oxygen atoms in total. The fourth-order valence-corrected chi connectivity index (χ4v) is 5.01. The molecular formula is C31H40ClN5O7. The van der Waals surface area contributed by atoms with Crippen molar-refractivity contribution in [1.82, 2.24) is 20.9 Å². The van der Waals surface area contributed by atoms with Gasteiger partial charge in [0.2, 0.25) is 17.7 Å². The van der Waals surface area contributed by atoms with Crippen molar-refractivity contribution in [3.05, 3.63) is 71.8 Å². The van der Waals surface area contributed by atoms with Crippen LogP contribution >= 0.6 is 11.6 Å². The predicted molar refractivity (Wildman–Crippen MR) is 163 cm³/mol. The molecular weight excluding hydrogens is 590 g/mol. The van der Waals surface area contributed by atoms with Crippen molar-refractivity contribution >= 4 is 41.3 Å². The minimum Gasteiger partial charge on any atom is -0.444 e. The Morgan fingerprint density at radius 2 is 1.61 bits per heavy atom. The molecule has 1 fully saturated rings. The number of carbonyl (C=O) groups excluding carboxylic acids is 5. The number of rotatable bonds is 11. The summed E-state index contributed by atoms with van der Waals surface area (Å²) >= 11 is 6.32. The van der Waals surface area contributed by atoms with Crippen LogP contribution in [0, 0.1) is 0 Å². The number of halogens is 1. The highest BCUT2D eigenvalue weighted by atomic mass is 35.5. The van der Waals surface area contributed by atoms with Crippen LogP contribution in [0.2, 0.25) is 0 Å². The summed E-state index contributed by atoms with van der Waals surface area (Å²) in [5.74, 6) is -2.86. The van der Waals surface area contributed by atoms with E-state index in [-0.39, 0.29) is 26.0 Å². The molecule has 1 heterocycles. The number of amides is 5. The number of nitrogens with two attached hydrogens (primary N) is 1. The first kappa shape index (κ1) is 34.5. The van der Waals surface area contributed by atoms with Gasteiger partial charge in [-0.3, -0.25) is 24.5 Å². The predicted octanol–water partition coefficient (Wildman–Crippen LogP) is 1.37. The molecule has 1 aliphatic rings. The minimum atomic E-state index is -1.76. The highest BCUT2D eigenvalue weighted by Crippen LogP contribution is 2.25. The Hall–Kier alpha value is -4.00. The van der Waals surface area contributed by atoms with Gasteiger partial charge < -0.3 is 31.1 Å². The lowest BCUT2D eigenvalue weighted by atomic mass is 9.99. The Kier molecular flexibility index (Phi) is 12.3. The molecule has 0 radical (unpaired) electrons. The van der Waals surface area contributed by atoms with Crippen LogP contribution in [0.5, 0.6) is 0 Å². The van der Waals surface area contributed by atoms with Gasteiger partial charge in [-0.25, -0.2) is 4.79 Å². The number of benzene rings is 2. The van der Waals surface area contributed by atoms with Crippen LogP contribution in [0.1, 0.15) is 44.7 Å². The number of nitrogens with zero attached hydrogens (tertiary/aromatic N) is 1. The largest absolute Gasteiger partial charge is 0.444 e. The van der Waals surface area contributed by atoms with Gasteiger partial charge in [-0.05, 0) is 44.7 Å². The van der Waals surface area contributed by atoms with E-state index in [1.807, 2.05) is 32.2 Å². The fraction of sp³-hybridized carbons (Fsp3) is 0.452. The van der Waals surface area contributed by atoms with E-state index in [4.69, 9.17) is 22.1 Å². The lowest BCUT2D eigenvalue weighted by molar-refractivity contribution is -0.147. The van der Waals surface area contributed by atoms with Gasteiger partial charge in [0.1, 0.15) is 12.6 Å². The smallest absolute Gasteiger partial charge is 0.414 e. The van der Waals surface area contributed by atoms with Crippen LogP contribution < -0.4 is 21.7 Å². The first-order valence-corrected chi connectivity index (χ1v) is 14.7. The zero-order valence-electron chi connectivity index (χ0n) is 25.0. The molecule has 2 aromatic carbocycles. The number of likely N-dealkylation sites (tertiary alicyclic amines) is 1. The van der Waals surface area contributed by atoms with Crippen LogP contribution in [-0.2, 0) is 36.9 Å². The number of hydrogen-bond acceptors (Lipinski definition) is 8. The third kappa shape index (κ3) is 10.6. The van der Waals surface area contributed by atoms with Crippen LogP contribution in [0.25, 0.3) is 0 Å². The van der Waals surface area contributed by atoms with Crippen molar-refractivity contribution in [2.45, 2.75) is 81.8 Å². The highest BCUT2D eigenvalue weighted by Gasteiger charge is 2.43. The highest BCUT2D eigenvalue weighted by molar-refractivity contribution is 6.21. The molecule has 0 aromatic heterocycles. The third-order valence-electron chi connectivity index (χ3n) is 6.79. The lowest BCUT2D eigenvalue weighted by Gasteiger charge is -2.32. The SMILES string of the molecule is CC(C)(C)NC(=O)[C@@H]1C[C@H](Cl)CN1C(=O)[C@@H](O)[C@H](Cc1ccccc1)NC(=O)[C@@H](N)CC(=O)NC(=O)OCc1ccccc1. The molecule has 1 saturated heterocycles. The van der Waals surface area contributed by atoms with E-state index < -0.39 is 71.3 Å². The molecule has 6 N–H and O–H groups in total. The number of aliphatic hydroxyl groups excluding tert-OH is 1. The van der Waals surface area contributed by atoms with E-state index in [0.717, 1.165) is 5.56 Å². The Balaban J connectivity index is 1.65. The number of aliphatic hydroxyl groups is 1. The summed E-state index contributed by atoms with van der Waals surface area (Å²) in [6, 6.07) is 14.2. The molecule has 5 atom stereocenters. The number of carbonyl (C=O) groups is 5. The van der Waals surface area contributed by atoms with E-state index >= 15 is 0 Å². The van der Waals surface area contributed by atoms with Gasteiger partial charge in [0.25, 0.3) is 5.91 Å². The summed E-state index contributed by atoms with van der Waals surface area (Å²) in [4.78, 5) is 65.2. The van der Waals surface area contributed by atoms with Crippen LogP contribution in [-0.4, -0.2) is 81.4 Å². The second-order valence-corrected chi connectivity index (χ2v) is 12.4. The van der Waals surface area contributed by atoms with Crippen molar-refractivity contribution in [2.75, 3.05) is 6.54 Å². The van der Waals surface area contributed by atoms with Crippen LogP contribution in [0.15, 0.2) is 60.7 Å². The van der Waals surface area contributed by atoms with Gasteiger partial charge in [0.05, 0.1) is 23.9 Å². The molecule has 238 valence electrons. The molecule has 2 aromatic rings. The summed E-state index contributed by atoms with van der Waals surface area (Å²) in [6.45, 7) is 5.40. The quantitative estimate of drug-likeness (QED) is 0.231. The molecule has 1 aliphatic heterocycles. The summed E-state index contributed by atoms with van der Waals surface area (Å²) < 4.78 is 5.01. The monoisotopic (exact) mass is 629 g/mol. The van der Waals surface area contributed by atoms with E-state index in [2.05, 4.69) is 10.6 Å². The number of nitrogens with one attached hydrogen (secondary N) is 3. The van der Waals surface area contributed by atoms with Gasteiger partial charge in [0, 0.05) is 12.1 Å². The summed E-state index contributed by atoms with van der Waals surface area (Å²) in [5, 5.41) is 18.2. The number of hydrogen-bond donors (Lipinski definition) is 5. The Bertz CT molecular complexity index is 1310. The maximum absolute atomic E-state index is 13.6. The molecule has 0 unspecified atom stereocenters. The molecule has 0 aliphatic carbocycles. The molecule has 0 spiro atoms. The van der Waals surface area contributed by atoms with E-state index in [0.29, 0.717) is 5.56 Å². The lowest BCUT2D eigenvalue weighted by Crippen LogP contribution is -2.58. The minimum absolute atomic E-state index is 0.0335. The Morgan fingerprint density at radius 3 is 2.20 bits per heavy atom. The van der Waals surface area contributed by atoms with Crippen molar-refractivity contribution < 1.29 is 33.8 Å². The molecule has 5 amide bonds. The van der Waals surface area contributed by atoms with Crippen molar-refractivity contribution in [3.8, 4) is 0 Å². The van der Waals surface area contributed by atoms with Crippen molar-refractivity contribution in [2.24, 2.45) is 5.73 Å². The van der Waals surface area contributed by atoms with Crippen molar-refractivity contribution in [1.29, 1.82) is 0 Å². The van der Waals surface area contributed by atoms with Gasteiger partial charge in [-0.15, -0.1) is 11.6 Å². The van der Waals surface area contributed by atoms with E-state index in [9.17, 15) is 29.1 Å². The average molecular weight is 630 g/mol. The zero-order valence-corrected chi connectivity index (χ0v) is 25.8. The van der Waals surface area contributed by atoms with Crippen molar-refractivity contribution in [3.63, 3.8) is 0 Å². The molecule has 13 heteroatoms. The summed E-state index contributed by atoms with van der Waals surface area (Å²) in [6.07, 6.45) is -3.08. The summed E-state index contributed by atoms with van der Waals surface area (Å²) in [5.41, 5.74) is 6.84. The number of imide groups is 1. The molecule has 3 rings (SSSR count). The van der Waals surface area contributed by atoms with Gasteiger partial charge in [-0.1, -0.05) is 60.7 Å². The Labute approximate surface area is 261 Å². The standard InChI is InChI=1S/C31H40ClN5O7/c1-31(2,3)36-28(41)24-15-21(32)17-37(24)29(42)26(39)23(14-19-10-6-4-7-11-19)34-27(40)22(33)16-25(38)35-30(43)44-18-20-12-8-5-9-13-20/h4-13,21-24,26,39H,14-18,33H2,1-3H3,(H,34,40)(H,36,41)(H,35,38,43)/t21-,22-,23-,24-,26-/m0/s1. The topological polar surface area (TPSA) is 180 Å². The second kappa shape index (κ2) is 15.6. The van der Waals surface area contributed by atoms with Gasteiger partial charge in [-0.2, -0.15) is 0 Å². The molecule has 0 bridgehead atoms. The van der Waals surface area contributed by atoms with E-state index in [1.54, 1.807) is 54.6 Å². The van der Waals surface area contributed by atoms with Crippen LogP contribution in [0.4, 0.5) is 4.79 Å². The first-order chi connectivity index (χ1) is 20.7. The number of alkyl carbamates (subject to hydrolysis) is 1. The first-order valence-electron chi connectivity index (χ1n) is 14.3. The van der Waals surface area contributed by atoms with E-state index in [1.165, 1.54) is 4.90 Å². The fourth-order valence-electron chi connectivity index (χ4n) is 4.69.